The molecule has 3 aromatic rings. The molecule has 0 aliphatic heterocycles. The lowest BCUT2D eigenvalue weighted by atomic mass is 10.1. The van der Waals surface area contributed by atoms with Crippen LogP contribution in [0.25, 0.3) is 11.5 Å². The van der Waals surface area contributed by atoms with E-state index in [-0.39, 0.29) is 11.9 Å². The first-order chi connectivity index (χ1) is 12.4. The van der Waals surface area contributed by atoms with Crippen LogP contribution in [0, 0.1) is 13.8 Å². The maximum absolute atomic E-state index is 12.3. The number of aryl methyl sites for hydroxylation is 1. The Labute approximate surface area is 156 Å². The molecule has 7 heteroatoms. The highest BCUT2D eigenvalue weighted by Crippen LogP contribution is 2.23. The van der Waals surface area contributed by atoms with Gasteiger partial charge in [0.2, 0.25) is 0 Å². The fourth-order valence-electron chi connectivity index (χ4n) is 2.29. The number of nitrogens with one attached hydrogen (secondary N) is 1. The predicted octanol–water partition coefficient (Wildman–Crippen LogP) is 4.41. The Bertz CT molecular complexity index is 922. The van der Waals surface area contributed by atoms with Crippen molar-refractivity contribution in [2.45, 2.75) is 26.9 Å². The summed E-state index contributed by atoms with van der Waals surface area (Å²) < 4.78 is 10.9. The van der Waals surface area contributed by atoms with Crippen LogP contribution in [0.15, 0.2) is 47.0 Å². The van der Waals surface area contributed by atoms with Gasteiger partial charge in [-0.15, -0.1) is 0 Å². The van der Waals surface area contributed by atoms with E-state index in [1.54, 1.807) is 31.2 Å². The monoisotopic (exact) mass is 371 g/mol. The number of carbonyl (C=O) groups excluding carboxylic acids is 1. The molecule has 0 aliphatic rings. The molecule has 2 aromatic carbocycles. The van der Waals surface area contributed by atoms with E-state index in [2.05, 4.69) is 15.5 Å². The van der Waals surface area contributed by atoms with Crippen molar-refractivity contribution in [3.63, 3.8) is 0 Å². The summed E-state index contributed by atoms with van der Waals surface area (Å²) in [6.07, 6.45) is -0.715. The quantitative estimate of drug-likeness (QED) is 0.718. The van der Waals surface area contributed by atoms with E-state index < -0.39 is 6.10 Å². The zero-order valence-corrected chi connectivity index (χ0v) is 15.4. The second kappa shape index (κ2) is 7.58. The number of benzene rings is 2. The van der Waals surface area contributed by atoms with E-state index in [9.17, 15) is 4.79 Å². The zero-order valence-electron chi connectivity index (χ0n) is 14.6. The Kier molecular flexibility index (Phi) is 5.23. The number of rotatable bonds is 5. The molecule has 6 nitrogen and oxygen atoms in total. The maximum Gasteiger partial charge on any atom is 0.270 e. The Morgan fingerprint density at radius 1 is 1.19 bits per heavy atom. The molecule has 1 aromatic heterocycles. The summed E-state index contributed by atoms with van der Waals surface area (Å²) in [7, 11) is 0. The minimum Gasteiger partial charge on any atom is -0.481 e. The fraction of sp³-hybridized carbons (Fsp3) is 0.211. The first-order valence-corrected chi connectivity index (χ1v) is 8.45. The van der Waals surface area contributed by atoms with Gasteiger partial charge in [0, 0.05) is 10.6 Å². The second-order valence-electron chi connectivity index (χ2n) is 5.88. The van der Waals surface area contributed by atoms with Gasteiger partial charge in [0.05, 0.1) is 0 Å². The molecule has 0 aliphatic carbocycles. The lowest BCUT2D eigenvalue weighted by Crippen LogP contribution is -2.30. The fourth-order valence-corrected chi connectivity index (χ4v) is 2.42. The normalized spacial score (nSPS) is 11.8. The number of carbonyl (C=O) groups is 1. The van der Waals surface area contributed by atoms with Gasteiger partial charge in [-0.2, -0.15) is 4.98 Å². The maximum atomic E-state index is 12.3. The summed E-state index contributed by atoms with van der Waals surface area (Å²) in [5, 5.41) is 6.97. The van der Waals surface area contributed by atoms with Gasteiger partial charge in [-0.25, -0.2) is 0 Å². The Morgan fingerprint density at radius 3 is 2.65 bits per heavy atom. The van der Waals surface area contributed by atoms with Crippen LogP contribution in [0.5, 0.6) is 5.75 Å². The molecule has 1 heterocycles. The van der Waals surface area contributed by atoms with Crippen molar-refractivity contribution in [1.29, 1.82) is 0 Å². The van der Waals surface area contributed by atoms with Gasteiger partial charge >= 0.3 is 0 Å². The molecule has 1 atom stereocenters. The van der Waals surface area contributed by atoms with Crippen LogP contribution in [0.1, 0.15) is 18.1 Å². The molecule has 0 spiro atoms. The molecule has 0 bridgehead atoms. The number of amides is 1. The zero-order chi connectivity index (χ0) is 18.7. The average Bonchev–Trinajstić information content (AvgIpc) is 3.08. The number of nitrogens with zero attached hydrogens (tertiary/aromatic N) is 2. The minimum atomic E-state index is -0.715. The van der Waals surface area contributed by atoms with E-state index in [1.165, 1.54) is 0 Å². The van der Waals surface area contributed by atoms with Gasteiger partial charge in [-0.3, -0.25) is 10.1 Å². The number of ether oxygens (including phenoxy) is 1. The average molecular weight is 372 g/mol. The number of hydrogen-bond acceptors (Lipinski definition) is 5. The third-order valence-corrected chi connectivity index (χ3v) is 4.23. The van der Waals surface area contributed by atoms with Gasteiger partial charge in [0.25, 0.3) is 17.7 Å². The summed E-state index contributed by atoms with van der Waals surface area (Å²) >= 11 is 5.86. The highest BCUT2D eigenvalue weighted by molar-refractivity contribution is 6.30. The number of aromatic nitrogens is 2. The van der Waals surface area contributed by atoms with E-state index in [0.29, 0.717) is 22.2 Å². The molecule has 0 fully saturated rings. The van der Waals surface area contributed by atoms with E-state index in [0.717, 1.165) is 11.1 Å². The third-order valence-electron chi connectivity index (χ3n) is 3.98. The molecule has 1 unspecified atom stereocenters. The Hall–Kier alpha value is -2.86. The number of hydrogen-bond donors (Lipinski definition) is 1. The van der Waals surface area contributed by atoms with Crippen LogP contribution in [-0.4, -0.2) is 22.2 Å². The van der Waals surface area contributed by atoms with Crippen molar-refractivity contribution >= 4 is 23.5 Å². The van der Waals surface area contributed by atoms with Crippen LogP contribution < -0.4 is 10.1 Å². The number of halogens is 1. The third kappa shape index (κ3) is 4.03. The molecular weight excluding hydrogens is 354 g/mol. The van der Waals surface area contributed by atoms with Gasteiger partial charge in [0.1, 0.15) is 5.75 Å². The van der Waals surface area contributed by atoms with Crippen molar-refractivity contribution in [3.8, 4) is 17.2 Å². The predicted molar refractivity (Wildman–Crippen MR) is 99.4 cm³/mol. The summed E-state index contributed by atoms with van der Waals surface area (Å²) in [5.74, 6) is 0.674. The van der Waals surface area contributed by atoms with Crippen LogP contribution in [0.3, 0.4) is 0 Å². The molecule has 0 saturated heterocycles. The smallest absolute Gasteiger partial charge is 0.270 e. The van der Waals surface area contributed by atoms with Crippen LogP contribution >= 0.6 is 11.6 Å². The molecule has 26 heavy (non-hydrogen) atoms. The van der Waals surface area contributed by atoms with Crippen LogP contribution in [0.2, 0.25) is 5.02 Å². The van der Waals surface area contributed by atoms with E-state index >= 15 is 0 Å². The Balaban J connectivity index is 1.66. The lowest BCUT2D eigenvalue weighted by molar-refractivity contribution is -0.122. The van der Waals surface area contributed by atoms with E-state index in [1.807, 2.05) is 32.0 Å². The topological polar surface area (TPSA) is 77.2 Å². The summed E-state index contributed by atoms with van der Waals surface area (Å²) in [4.78, 5) is 16.5. The standard InChI is InChI=1S/C19H18ClN3O3/c1-11-5-4-6-16(12(11)2)25-13(3)17(24)21-19-22-18(26-23-19)14-7-9-15(20)10-8-14/h4-10,13H,1-3H3,(H,21,23,24). The van der Waals surface area contributed by atoms with Crippen LogP contribution in [-0.2, 0) is 4.79 Å². The molecule has 1 amide bonds. The van der Waals surface area contributed by atoms with Crippen molar-refractivity contribution in [3.05, 3.63) is 58.6 Å². The van der Waals surface area contributed by atoms with Crippen molar-refractivity contribution < 1.29 is 14.1 Å². The largest absolute Gasteiger partial charge is 0.481 e. The first-order valence-electron chi connectivity index (χ1n) is 8.07. The summed E-state index contributed by atoms with van der Waals surface area (Å²) in [6.45, 7) is 5.61. The summed E-state index contributed by atoms with van der Waals surface area (Å²) in [5.41, 5.74) is 2.81. The lowest BCUT2D eigenvalue weighted by Gasteiger charge is -2.16. The first kappa shape index (κ1) is 17.9. The van der Waals surface area contributed by atoms with Crippen molar-refractivity contribution in [2.75, 3.05) is 5.32 Å². The van der Waals surface area contributed by atoms with Crippen LogP contribution in [0.4, 0.5) is 5.95 Å². The number of anilines is 1. The molecule has 3 rings (SSSR count). The van der Waals surface area contributed by atoms with Gasteiger partial charge in [-0.1, -0.05) is 23.7 Å². The van der Waals surface area contributed by atoms with Crippen molar-refractivity contribution in [1.82, 2.24) is 10.1 Å². The molecule has 1 N–H and O–H groups in total. The molecule has 134 valence electrons. The Morgan fingerprint density at radius 2 is 1.92 bits per heavy atom. The van der Waals surface area contributed by atoms with E-state index in [4.69, 9.17) is 20.9 Å². The van der Waals surface area contributed by atoms with Gasteiger partial charge in [0.15, 0.2) is 6.10 Å². The van der Waals surface area contributed by atoms with Gasteiger partial charge < -0.3 is 9.26 Å². The summed E-state index contributed by atoms with van der Waals surface area (Å²) in [6, 6.07) is 12.7. The molecular formula is C19H18ClN3O3. The molecule has 0 saturated carbocycles. The van der Waals surface area contributed by atoms with Gasteiger partial charge in [-0.05, 0) is 67.4 Å². The highest BCUT2D eigenvalue weighted by atomic mass is 35.5. The SMILES string of the molecule is Cc1cccc(OC(C)C(=O)Nc2noc(-c3ccc(Cl)cc3)n2)c1C. The molecule has 0 radical (unpaired) electrons. The van der Waals surface area contributed by atoms with Crippen molar-refractivity contribution in [2.24, 2.45) is 0 Å². The second-order valence-corrected chi connectivity index (χ2v) is 6.31. The minimum absolute atomic E-state index is 0.0800. The highest BCUT2D eigenvalue weighted by Gasteiger charge is 2.19.